The molecular formula is C14H19N3O6S. The molecule has 0 saturated carbocycles. The molecule has 0 amide bonds. The fraction of sp³-hybridized carbons (Fsp3) is 0.500. The van der Waals surface area contributed by atoms with Crippen LogP contribution in [0.1, 0.15) is 13.3 Å². The summed E-state index contributed by atoms with van der Waals surface area (Å²) >= 11 is 0. The number of benzene rings is 1. The molecule has 24 heavy (non-hydrogen) atoms. The van der Waals surface area contributed by atoms with Crippen molar-refractivity contribution < 1.29 is 23.2 Å². The molecule has 0 aromatic heterocycles. The molecule has 1 saturated heterocycles. The Morgan fingerprint density at radius 3 is 2.46 bits per heavy atom. The second-order valence-corrected chi connectivity index (χ2v) is 7.39. The van der Waals surface area contributed by atoms with Crippen molar-refractivity contribution in [2.24, 2.45) is 0 Å². The molecule has 0 aliphatic carbocycles. The number of aliphatic carboxylic acids is 1. The molecule has 1 atom stereocenters. The summed E-state index contributed by atoms with van der Waals surface area (Å²) in [4.78, 5) is 23.0. The molecule has 1 aliphatic rings. The highest BCUT2D eigenvalue weighted by atomic mass is 32.2. The Bertz CT molecular complexity index is 728. The van der Waals surface area contributed by atoms with Crippen LogP contribution in [-0.2, 0) is 14.8 Å². The first-order chi connectivity index (χ1) is 11.3. The Labute approximate surface area is 139 Å². The maximum atomic E-state index is 12.6. The maximum absolute atomic E-state index is 12.6. The van der Waals surface area contributed by atoms with Crippen molar-refractivity contribution in [3.8, 4) is 0 Å². The lowest BCUT2D eigenvalue weighted by Crippen LogP contribution is -2.53. The second-order valence-electron chi connectivity index (χ2n) is 5.46. The van der Waals surface area contributed by atoms with Gasteiger partial charge < -0.3 is 5.11 Å². The van der Waals surface area contributed by atoms with Gasteiger partial charge in [0.15, 0.2) is 0 Å². The van der Waals surface area contributed by atoms with E-state index in [-0.39, 0.29) is 23.7 Å². The number of carbonyl (C=O) groups is 1. The molecule has 132 valence electrons. The number of hydrogen-bond acceptors (Lipinski definition) is 6. The Morgan fingerprint density at radius 2 is 1.96 bits per heavy atom. The molecule has 9 nitrogen and oxygen atoms in total. The quantitative estimate of drug-likeness (QED) is 0.589. The molecule has 1 aromatic rings. The van der Waals surface area contributed by atoms with Crippen molar-refractivity contribution in [3.05, 3.63) is 34.4 Å². The summed E-state index contributed by atoms with van der Waals surface area (Å²) in [7, 11) is -3.84. The third-order valence-corrected chi connectivity index (χ3v) is 5.95. The number of sulfonamides is 1. The highest BCUT2D eigenvalue weighted by Crippen LogP contribution is 2.22. The largest absolute Gasteiger partial charge is 0.480 e. The second kappa shape index (κ2) is 7.24. The van der Waals surface area contributed by atoms with E-state index in [1.165, 1.54) is 22.5 Å². The van der Waals surface area contributed by atoms with Gasteiger partial charge in [0.05, 0.1) is 9.82 Å². The summed E-state index contributed by atoms with van der Waals surface area (Å²) in [5.41, 5.74) is -0.286. The summed E-state index contributed by atoms with van der Waals surface area (Å²) in [5, 5.41) is 20.0. The number of nitro groups is 1. The third kappa shape index (κ3) is 3.71. The predicted octanol–water partition coefficient (Wildman–Crippen LogP) is 0.764. The zero-order valence-electron chi connectivity index (χ0n) is 13.2. The number of nitrogens with zero attached hydrogens (tertiary/aromatic N) is 3. The highest BCUT2D eigenvalue weighted by molar-refractivity contribution is 7.89. The molecule has 0 bridgehead atoms. The fourth-order valence-corrected chi connectivity index (χ4v) is 4.21. The minimum absolute atomic E-state index is 0.129. The van der Waals surface area contributed by atoms with E-state index in [9.17, 15) is 28.4 Å². The van der Waals surface area contributed by atoms with Crippen molar-refractivity contribution in [2.45, 2.75) is 24.3 Å². The lowest BCUT2D eigenvalue weighted by Gasteiger charge is -2.36. The van der Waals surface area contributed by atoms with Gasteiger partial charge in [0, 0.05) is 38.3 Å². The van der Waals surface area contributed by atoms with E-state index in [1.807, 2.05) is 0 Å². The molecule has 1 fully saturated rings. The standard InChI is InChI=1S/C14H19N3O6S/c1-2-13(14(18)19)15-6-8-16(9-7-15)24(22,23)12-5-3-4-11(10-12)17(20)21/h3-5,10,13H,2,6-9H2,1H3,(H,18,19). The molecule has 1 N–H and O–H groups in total. The van der Waals surface area contributed by atoms with E-state index in [1.54, 1.807) is 11.8 Å². The topological polar surface area (TPSA) is 121 Å². The van der Waals surface area contributed by atoms with Gasteiger partial charge in [-0.3, -0.25) is 19.8 Å². The van der Waals surface area contributed by atoms with E-state index in [4.69, 9.17) is 0 Å². The number of non-ortho nitro benzene ring substituents is 1. The Morgan fingerprint density at radius 1 is 1.33 bits per heavy atom. The van der Waals surface area contributed by atoms with Gasteiger partial charge in [0.25, 0.3) is 5.69 Å². The van der Waals surface area contributed by atoms with Crippen molar-refractivity contribution in [2.75, 3.05) is 26.2 Å². The molecule has 1 aromatic carbocycles. The summed E-state index contributed by atoms with van der Waals surface area (Å²) < 4.78 is 26.5. The minimum atomic E-state index is -3.84. The van der Waals surface area contributed by atoms with Crippen LogP contribution >= 0.6 is 0 Å². The van der Waals surface area contributed by atoms with Gasteiger partial charge in [0.2, 0.25) is 10.0 Å². The van der Waals surface area contributed by atoms with Gasteiger partial charge >= 0.3 is 5.97 Å². The van der Waals surface area contributed by atoms with Crippen LogP contribution in [-0.4, -0.2) is 65.8 Å². The molecule has 10 heteroatoms. The van der Waals surface area contributed by atoms with Gasteiger partial charge in [-0.2, -0.15) is 4.31 Å². The monoisotopic (exact) mass is 357 g/mol. The maximum Gasteiger partial charge on any atom is 0.320 e. The molecule has 1 aliphatic heterocycles. The number of nitro benzene ring substituents is 1. The number of carboxylic acid groups (broad SMARTS) is 1. The number of hydrogen-bond donors (Lipinski definition) is 1. The lowest BCUT2D eigenvalue weighted by atomic mass is 10.1. The molecule has 1 heterocycles. The van der Waals surface area contributed by atoms with Crippen LogP contribution in [0.3, 0.4) is 0 Å². The zero-order chi connectivity index (χ0) is 17.9. The molecule has 0 spiro atoms. The molecule has 2 rings (SSSR count). The normalized spacial score (nSPS) is 18.2. The number of carboxylic acids is 1. The summed E-state index contributed by atoms with van der Waals surface area (Å²) in [6.07, 6.45) is 0.437. The van der Waals surface area contributed by atoms with Gasteiger partial charge in [-0.15, -0.1) is 0 Å². The summed E-state index contributed by atoms with van der Waals surface area (Å²) in [6, 6.07) is 4.29. The van der Waals surface area contributed by atoms with Gasteiger partial charge in [-0.1, -0.05) is 13.0 Å². The van der Waals surface area contributed by atoms with E-state index in [0.29, 0.717) is 19.5 Å². The van der Waals surface area contributed by atoms with Crippen molar-refractivity contribution >= 4 is 21.7 Å². The van der Waals surface area contributed by atoms with Crippen molar-refractivity contribution in [3.63, 3.8) is 0 Å². The van der Waals surface area contributed by atoms with Crippen LogP contribution in [0.25, 0.3) is 0 Å². The third-order valence-electron chi connectivity index (χ3n) is 4.05. The van der Waals surface area contributed by atoms with Crippen molar-refractivity contribution in [1.29, 1.82) is 0 Å². The van der Waals surface area contributed by atoms with Gasteiger partial charge in [0.1, 0.15) is 6.04 Å². The Hall–Kier alpha value is -2.04. The van der Waals surface area contributed by atoms with E-state index in [2.05, 4.69) is 0 Å². The minimum Gasteiger partial charge on any atom is -0.480 e. The van der Waals surface area contributed by atoms with Crippen LogP contribution in [0.2, 0.25) is 0 Å². The van der Waals surface area contributed by atoms with Gasteiger partial charge in [-0.25, -0.2) is 8.42 Å². The predicted molar refractivity (Wildman–Crippen MR) is 85.1 cm³/mol. The molecule has 0 radical (unpaired) electrons. The highest BCUT2D eigenvalue weighted by Gasteiger charge is 2.33. The Balaban J connectivity index is 2.14. The van der Waals surface area contributed by atoms with Crippen LogP contribution in [0.15, 0.2) is 29.2 Å². The molecule has 1 unspecified atom stereocenters. The smallest absolute Gasteiger partial charge is 0.320 e. The first-order valence-corrected chi connectivity index (χ1v) is 8.93. The average Bonchev–Trinajstić information content (AvgIpc) is 2.55. The first kappa shape index (κ1) is 18.3. The van der Waals surface area contributed by atoms with Crippen molar-refractivity contribution in [1.82, 2.24) is 9.21 Å². The van der Waals surface area contributed by atoms with E-state index >= 15 is 0 Å². The number of piperazine rings is 1. The molecular weight excluding hydrogens is 338 g/mol. The van der Waals surface area contributed by atoms with Gasteiger partial charge in [-0.05, 0) is 12.5 Å². The summed E-state index contributed by atoms with van der Waals surface area (Å²) in [6.45, 7) is 2.67. The van der Waals surface area contributed by atoms with Crippen LogP contribution < -0.4 is 0 Å². The summed E-state index contributed by atoms with van der Waals surface area (Å²) in [5.74, 6) is -0.924. The SMILES string of the molecule is CCC(C(=O)O)N1CCN(S(=O)(=O)c2cccc([N+](=O)[O-])c2)CC1. The van der Waals surface area contributed by atoms with Crippen LogP contribution in [0.4, 0.5) is 5.69 Å². The van der Waals surface area contributed by atoms with E-state index in [0.717, 1.165) is 6.07 Å². The van der Waals surface area contributed by atoms with Crippen LogP contribution in [0.5, 0.6) is 0 Å². The Kier molecular flexibility index (Phi) is 5.52. The lowest BCUT2D eigenvalue weighted by molar-refractivity contribution is -0.385. The number of rotatable bonds is 6. The average molecular weight is 357 g/mol. The zero-order valence-corrected chi connectivity index (χ0v) is 14.0. The van der Waals surface area contributed by atoms with E-state index < -0.39 is 27.0 Å². The fourth-order valence-electron chi connectivity index (χ4n) is 2.75. The first-order valence-electron chi connectivity index (χ1n) is 7.49. The van der Waals surface area contributed by atoms with Crippen LogP contribution in [0, 0.1) is 10.1 Å².